The number of hydrogen-bond acceptors (Lipinski definition) is 2. The minimum Gasteiger partial charge on any atom is -0.478 e. The van der Waals surface area contributed by atoms with Gasteiger partial charge in [0, 0.05) is 10.9 Å². The molecule has 0 bridgehead atoms. The van der Waals surface area contributed by atoms with E-state index in [1.807, 2.05) is 0 Å². The third-order valence-electron chi connectivity index (χ3n) is 3.45. The van der Waals surface area contributed by atoms with Crippen LogP contribution in [-0.2, 0) is 4.79 Å². The molecule has 5 heteroatoms. The zero-order valence-corrected chi connectivity index (χ0v) is 11.2. The van der Waals surface area contributed by atoms with Crippen molar-refractivity contribution in [3.05, 3.63) is 28.8 Å². The summed E-state index contributed by atoms with van der Waals surface area (Å²) < 4.78 is 0. The average molecular weight is 282 g/mol. The Kier molecular flexibility index (Phi) is 4.43. The number of carbonyl (C=O) groups excluding carboxylic acids is 1. The van der Waals surface area contributed by atoms with Gasteiger partial charge in [0.05, 0.1) is 11.3 Å². The average Bonchev–Trinajstić information content (AvgIpc) is 2.41. The van der Waals surface area contributed by atoms with Crippen molar-refractivity contribution in [2.24, 2.45) is 5.92 Å². The number of carboxylic acids is 1. The number of halogens is 1. The lowest BCUT2D eigenvalue weighted by Crippen LogP contribution is -2.25. The van der Waals surface area contributed by atoms with E-state index in [2.05, 4.69) is 5.32 Å². The van der Waals surface area contributed by atoms with Crippen LogP contribution in [0.1, 0.15) is 42.5 Å². The van der Waals surface area contributed by atoms with Crippen LogP contribution in [0.5, 0.6) is 0 Å². The van der Waals surface area contributed by atoms with Crippen molar-refractivity contribution in [1.29, 1.82) is 0 Å². The maximum Gasteiger partial charge on any atom is 0.337 e. The summed E-state index contributed by atoms with van der Waals surface area (Å²) in [6, 6.07) is 4.46. The van der Waals surface area contributed by atoms with Gasteiger partial charge in [0.15, 0.2) is 0 Å². The van der Waals surface area contributed by atoms with Crippen molar-refractivity contribution in [1.82, 2.24) is 0 Å². The lowest BCUT2D eigenvalue weighted by Gasteiger charge is -2.21. The molecule has 4 nitrogen and oxygen atoms in total. The van der Waals surface area contributed by atoms with E-state index in [9.17, 15) is 9.59 Å². The number of rotatable bonds is 3. The molecule has 1 aromatic rings. The van der Waals surface area contributed by atoms with Gasteiger partial charge in [-0.05, 0) is 31.0 Å². The first-order valence-electron chi connectivity index (χ1n) is 6.41. The van der Waals surface area contributed by atoms with Crippen molar-refractivity contribution < 1.29 is 14.7 Å². The number of aromatic carboxylic acids is 1. The van der Waals surface area contributed by atoms with Crippen LogP contribution in [0.2, 0.25) is 5.02 Å². The van der Waals surface area contributed by atoms with E-state index < -0.39 is 5.97 Å². The molecule has 0 aliphatic heterocycles. The Morgan fingerprint density at radius 3 is 2.53 bits per heavy atom. The zero-order valence-electron chi connectivity index (χ0n) is 10.5. The topological polar surface area (TPSA) is 66.4 Å². The highest BCUT2D eigenvalue weighted by Gasteiger charge is 2.22. The van der Waals surface area contributed by atoms with Crippen molar-refractivity contribution in [3.8, 4) is 0 Å². The summed E-state index contributed by atoms with van der Waals surface area (Å²) in [5, 5.41) is 12.2. The predicted octanol–water partition coefficient (Wildman–Crippen LogP) is 3.56. The Balaban J connectivity index is 2.13. The zero-order chi connectivity index (χ0) is 13.8. The molecule has 0 atom stereocenters. The predicted molar refractivity (Wildman–Crippen MR) is 73.6 cm³/mol. The molecular formula is C14H16ClNO3. The van der Waals surface area contributed by atoms with Crippen LogP contribution < -0.4 is 5.32 Å². The van der Waals surface area contributed by atoms with Gasteiger partial charge in [-0.2, -0.15) is 0 Å². The third-order valence-corrected chi connectivity index (χ3v) is 3.68. The Bertz CT molecular complexity index is 495. The number of hydrogen-bond donors (Lipinski definition) is 2. The molecule has 1 saturated carbocycles. The molecule has 1 amide bonds. The van der Waals surface area contributed by atoms with E-state index in [1.54, 1.807) is 6.07 Å². The fraction of sp³-hybridized carbons (Fsp3) is 0.429. The van der Waals surface area contributed by atoms with Gasteiger partial charge >= 0.3 is 5.97 Å². The van der Waals surface area contributed by atoms with E-state index in [4.69, 9.17) is 16.7 Å². The molecule has 0 aromatic heterocycles. The number of nitrogens with one attached hydrogen (secondary N) is 1. The Morgan fingerprint density at radius 2 is 1.89 bits per heavy atom. The standard InChI is InChI=1S/C14H16ClNO3/c15-10-6-7-12(11(8-10)14(18)19)16-13(17)9-4-2-1-3-5-9/h6-9H,1-5H2,(H,16,17)(H,18,19). The van der Waals surface area contributed by atoms with E-state index in [0.29, 0.717) is 10.7 Å². The van der Waals surface area contributed by atoms with Crippen LogP contribution in [0.15, 0.2) is 18.2 Å². The van der Waals surface area contributed by atoms with Crippen molar-refractivity contribution >= 4 is 29.2 Å². The second-order valence-corrected chi connectivity index (χ2v) is 5.26. The second kappa shape index (κ2) is 6.06. The summed E-state index contributed by atoms with van der Waals surface area (Å²) in [6.45, 7) is 0. The largest absolute Gasteiger partial charge is 0.478 e. The summed E-state index contributed by atoms with van der Waals surface area (Å²) in [5.41, 5.74) is 0.337. The highest BCUT2D eigenvalue weighted by molar-refractivity contribution is 6.31. The summed E-state index contributed by atoms with van der Waals surface area (Å²) in [4.78, 5) is 23.2. The number of anilines is 1. The molecule has 19 heavy (non-hydrogen) atoms. The molecule has 1 aromatic carbocycles. The van der Waals surface area contributed by atoms with Crippen LogP contribution in [-0.4, -0.2) is 17.0 Å². The van der Waals surface area contributed by atoms with Crippen LogP contribution in [0.3, 0.4) is 0 Å². The first kappa shape index (κ1) is 13.9. The number of carbonyl (C=O) groups is 2. The lowest BCUT2D eigenvalue weighted by atomic mass is 9.88. The minimum atomic E-state index is -1.10. The summed E-state index contributed by atoms with van der Waals surface area (Å²) >= 11 is 5.77. The maximum atomic E-state index is 12.1. The Morgan fingerprint density at radius 1 is 1.21 bits per heavy atom. The molecule has 2 rings (SSSR count). The summed E-state index contributed by atoms with van der Waals surface area (Å²) in [7, 11) is 0. The van der Waals surface area contributed by atoms with Crippen LogP contribution >= 0.6 is 11.6 Å². The van der Waals surface area contributed by atoms with Gasteiger partial charge in [-0.25, -0.2) is 4.79 Å². The molecule has 1 aliphatic carbocycles. The second-order valence-electron chi connectivity index (χ2n) is 4.82. The van der Waals surface area contributed by atoms with Crippen molar-refractivity contribution in [2.45, 2.75) is 32.1 Å². The maximum absolute atomic E-state index is 12.1. The fourth-order valence-electron chi connectivity index (χ4n) is 2.40. The molecule has 1 fully saturated rings. The smallest absolute Gasteiger partial charge is 0.337 e. The highest BCUT2D eigenvalue weighted by Crippen LogP contribution is 2.26. The summed E-state index contributed by atoms with van der Waals surface area (Å²) in [5.74, 6) is -1.20. The highest BCUT2D eigenvalue weighted by atomic mass is 35.5. The van der Waals surface area contributed by atoms with Gasteiger partial charge in [-0.3, -0.25) is 4.79 Å². The van der Waals surface area contributed by atoms with Crippen LogP contribution in [0.25, 0.3) is 0 Å². The minimum absolute atomic E-state index is 0.00827. The van der Waals surface area contributed by atoms with Crippen molar-refractivity contribution in [2.75, 3.05) is 5.32 Å². The fourth-order valence-corrected chi connectivity index (χ4v) is 2.57. The molecule has 0 radical (unpaired) electrons. The van der Waals surface area contributed by atoms with Crippen LogP contribution in [0.4, 0.5) is 5.69 Å². The third kappa shape index (κ3) is 3.47. The first-order chi connectivity index (χ1) is 9.08. The van der Waals surface area contributed by atoms with E-state index in [-0.39, 0.29) is 17.4 Å². The SMILES string of the molecule is O=C(O)c1cc(Cl)ccc1NC(=O)C1CCCCC1. The van der Waals surface area contributed by atoms with Gasteiger partial charge < -0.3 is 10.4 Å². The molecule has 0 spiro atoms. The van der Waals surface area contributed by atoms with Gasteiger partial charge in [0.1, 0.15) is 0 Å². The number of benzene rings is 1. The number of carboxylic acid groups (broad SMARTS) is 1. The Labute approximate surface area is 116 Å². The van der Waals surface area contributed by atoms with E-state index >= 15 is 0 Å². The molecule has 0 heterocycles. The van der Waals surface area contributed by atoms with Crippen molar-refractivity contribution in [3.63, 3.8) is 0 Å². The lowest BCUT2D eigenvalue weighted by molar-refractivity contribution is -0.120. The number of amides is 1. The van der Waals surface area contributed by atoms with E-state index in [0.717, 1.165) is 25.7 Å². The van der Waals surface area contributed by atoms with Gasteiger partial charge in [0.25, 0.3) is 0 Å². The van der Waals surface area contributed by atoms with Gasteiger partial charge in [-0.15, -0.1) is 0 Å². The monoisotopic (exact) mass is 281 g/mol. The van der Waals surface area contributed by atoms with Gasteiger partial charge in [-0.1, -0.05) is 30.9 Å². The normalized spacial score (nSPS) is 16.1. The Hall–Kier alpha value is -1.55. The quantitative estimate of drug-likeness (QED) is 0.890. The molecular weight excluding hydrogens is 266 g/mol. The van der Waals surface area contributed by atoms with E-state index in [1.165, 1.54) is 18.6 Å². The molecule has 102 valence electrons. The molecule has 0 saturated heterocycles. The van der Waals surface area contributed by atoms with Gasteiger partial charge in [0.2, 0.25) is 5.91 Å². The summed E-state index contributed by atoms with van der Waals surface area (Å²) in [6.07, 6.45) is 5.05. The first-order valence-corrected chi connectivity index (χ1v) is 6.79. The molecule has 1 aliphatic rings. The molecule has 0 unspecified atom stereocenters. The van der Waals surface area contributed by atoms with Crippen LogP contribution in [0, 0.1) is 5.92 Å². The molecule has 2 N–H and O–H groups in total.